The maximum atomic E-state index is 5.87. The highest BCUT2D eigenvalue weighted by Gasteiger charge is 2.06. The normalized spacial score (nSPS) is 13.5. The third-order valence-corrected chi connectivity index (χ3v) is 2.45. The molecule has 0 fully saturated rings. The third kappa shape index (κ3) is 1.23. The second-order valence-electron chi connectivity index (χ2n) is 3.53. The first kappa shape index (κ1) is 8.32. The summed E-state index contributed by atoms with van der Waals surface area (Å²) in [5, 5.41) is 1.27. The van der Waals surface area contributed by atoms with Crippen LogP contribution in [0.1, 0.15) is 24.1 Å². The van der Waals surface area contributed by atoms with E-state index in [0.717, 1.165) is 0 Å². The molecule has 0 bridgehead atoms. The predicted octanol–water partition coefficient (Wildman–Crippen LogP) is 2.50. The number of aryl methyl sites for hydroxylation is 1. The van der Waals surface area contributed by atoms with Crippen LogP contribution in [0.5, 0.6) is 0 Å². The van der Waals surface area contributed by atoms with E-state index in [1.807, 2.05) is 13.1 Å². The van der Waals surface area contributed by atoms with Crippen molar-refractivity contribution in [3.63, 3.8) is 0 Å². The second kappa shape index (κ2) is 2.89. The Morgan fingerprint density at radius 3 is 2.85 bits per heavy atom. The molecule has 0 saturated heterocycles. The van der Waals surface area contributed by atoms with Gasteiger partial charge in [-0.2, -0.15) is 0 Å². The highest BCUT2D eigenvalue weighted by molar-refractivity contribution is 5.86. The number of fused-ring (bicyclic) bond motifs is 1. The zero-order chi connectivity index (χ0) is 9.42. The monoisotopic (exact) mass is 174 g/mol. The van der Waals surface area contributed by atoms with Crippen molar-refractivity contribution in [1.82, 2.24) is 4.98 Å². The molecule has 2 aromatic rings. The van der Waals surface area contributed by atoms with E-state index < -0.39 is 0 Å². The number of H-pyrrole nitrogens is 1. The number of nitrogens with one attached hydrogen (secondary N) is 1. The summed E-state index contributed by atoms with van der Waals surface area (Å²) in [6.07, 6.45) is 2.02. The first-order chi connectivity index (χ1) is 6.20. The fraction of sp³-hybridized carbons (Fsp3) is 0.273. The van der Waals surface area contributed by atoms with Gasteiger partial charge in [0.15, 0.2) is 0 Å². The number of aromatic nitrogens is 1. The van der Waals surface area contributed by atoms with Crippen molar-refractivity contribution >= 4 is 10.9 Å². The molecule has 1 atom stereocenters. The van der Waals surface area contributed by atoms with Crippen molar-refractivity contribution in [2.75, 3.05) is 0 Å². The molecule has 1 aromatic heterocycles. The molecule has 13 heavy (non-hydrogen) atoms. The lowest BCUT2D eigenvalue weighted by molar-refractivity contribution is 0.824. The van der Waals surface area contributed by atoms with E-state index in [0.29, 0.717) is 0 Å². The van der Waals surface area contributed by atoms with Crippen LogP contribution in [0.15, 0.2) is 24.4 Å². The summed E-state index contributed by atoms with van der Waals surface area (Å²) in [6, 6.07) is 6.33. The Labute approximate surface area is 77.8 Å². The minimum Gasteiger partial charge on any atom is -0.361 e. The molecular formula is C11H14N2. The largest absolute Gasteiger partial charge is 0.361 e. The van der Waals surface area contributed by atoms with E-state index >= 15 is 0 Å². The molecule has 0 radical (unpaired) electrons. The van der Waals surface area contributed by atoms with Crippen LogP contribution in [0.25, 0.3) is 10.9 Å². The Kier molecular flexibility index (Phi) is 1.85. The van der Waals surface area contributed by atoms with Gasteiger partial charge in [0, 0.05) is 17.6 Å². The molecule has 3 N–H and O–H groups in total. The maximum absolute atomic E-state index is 5.87. The van der Waals surface area contributed by atoms with Gasteiger partial charge in [0.2, 0.25) is 0 Å². The van der Waals surface area contributed by atoms with Crippen molar-refractivity contribution < 1.29 is 0 Å². The van der Waals surface area contributed by atoms with Gasteiger partial charge in [0.05, 0.1) is 5.52 Å². The highest BCUT2D eigenvalue weighted by Crippen LogP contribution is 2.24. The maximum Gasteiger partial charge on any atom is 0.0505 e. The van der Waals surface area contributed by atoms with Gasteiger partial charge in [-0.1, -0.05) is 18.2 Å². The smallest absolute Gasteiger partial charge is 0.0505 e. The predicted molar refractivity (Wildman–Crippen MR) is 55.6 cm³/mol. The molecule has 2 rings (SSSR count). The van der Waals surface area contributed by atoms with E-state index in [1.165, 1.54) is 22.0 Å². The van der Waals surface area contributed by atoms with Gasteiger partial charge in [-0.05, 0) is 25.0 Å². The number of aromatic amines is 1. The molecule has 2 heteroatoms. The van der Waals surface area contributed by atoms with Gasteiger partial charge in [-0.15, -0.1) is 0 Å². The first-order valence-electron chi connectivity index (χ1n) is 4.52. The molecule has 0 aliphatic rings. The lowest BCUT2D eigenvalue weighted by atomic mass is 10.0. The highest BCUT2D eigenvalue weighted by atomic mass is 14.7. The van der Waals surface area contributed by atoms with E-state index in [4.69, 9.17) is 5.73 Å². The Morgan fingerprint density at radius 2 is 2.15 bits per heavy atom. The summed E-state index contributed by atoms with van der Waals surface area (Å²) in [6.45, 7) is 4.11. The zero-order valence-corrected chi connectivity index (χ0v) is 7.96. The van der Waals surface area contributed by atoms with Crippen LogP contribution in [0.3, 0.4) is 0 Å². The Hall–Kier alpha value is -1.28. The van der Waals surface area contributed by atoms with E-state index in [1.54, 1.807) is 0 Å². The number of hydrogen-bond acceptors (Lipinski definition) is 1. The van der Waals surface area contributed by atoms with Crippen LogP contribution in [-0.2, 0) is 0 Å². The molecule has 1 aromatic carbocycles. The number of hydrogen-bond donors (Lipinski definition) is 2. The lowest BCUT2D eigenvalue weighted by Crippen LogP contribution is -2.05. The van der Waals surface area contributed by atoms with Gasteiger partial charge in [0.25, 0.3) is 0 Å². The summed E-state index contributed by atoms with van der Waals surface area (Å²) < 4.78 is 0. The summed E-state index contributed by atoms with van der Waals surface area (Å²) in [7, 11) is 0. The molecule has 2 nitrogen and oxygen atoms in total. The van der Waals surface area contributed by atoms with Crippen molar-refractivity contribution in [3.05, 3.63) is 35.5 Å². The van der Waals surface area contributed by atoms with Crippen molar-refractivity contribution in [2.45, 2.75) is 19.9 Å². The number of rotatable bonds is 1. The van der Waals surface area contributed by atoms with Gasteiger partial charge < -0.3 is 10.7 Å². The molecule has 1 heterocycles. The molecule has 0 aliphatic carbocycles. The molecule has 0 saturated carbocycles. The second-order valence-corrected chi connectivity index (χ2v) is 3.53. The number of benzene rings is 1. The van der Waals surface area contributed by atoms with Gasteiger partial charge in [0.1, 0.15) is 0 Å². The summed E-state index contributed by atoms with van der Waals surface area (Å²) in [5.41, 5.74) is 9.51. The zero-order valence-electron chi connectivity index (χ0n) is 7.96. The Morgan fingerprint density at radius 1 is 1.38 bits per heavy atom. The van der Waals surface area contributed by atoms with Crippen molar-refractivity contribution in [2.24, 2.45) is 5.73 Å². The topological polar surface area (TPSA) is 41.8 Å². The standard InChI is InChI=1S/C11H14N2/c1-7-6-13-11-9(7)4-3-5-10(11)8(2)12/h3-6,8,13H,12H2,1-2H3. The average Bonchev–Trinajstić information content (AvgIpc) is 2.48. The minimum atomic E-state index is 0.0850. The Balaban J connectivity index is 2.77. The summed E-state index contributed by atoms with van der Waals surface area (Å²) >= 11 is 0. The van der Waals surface area contributed by atoms with Crippen molar-refractivity contribution in [3.8, 4) is 0 Å². The Bertz CT molecular complexity index is 427. The number of nitrogens with two attached hydrogens (primary N) is 1. The van der Waals surface area contributed by atoms with Crippen LogP contribution in [-0.4, -0.2) is 4.98 Å². The van der Waals surface area contributed by atoms with E-state index in [-0.39, 0.29) is 6.04 Å². The van der Waals surface area contributed by atoms with E-state index in [9.17, 15) is 0 Å². The average molecular weight is 174 g/mol. The molecular weight excluding hydrogens is 160 g/mol. The quantitative estimate of drug-likeness (QED) is 0.685. The third-order valence-electron chi connectivity index (χ3n) is 2.45. The number of para-hydroxylation sites is 1. The fourth-order valence-electron chi connectivity index (χ4n) is 1.70. The molecule has 68 valence electrons. The first-order valence-corrected chi connectivity index (χ1v) is 4.52. The lowest BCUT2D eigenvalue weighted by Gasteiger charge is -2.06. The molecule has 0 amide bonds. The van der Waals surface area contributed by atoms with Crippen LogP contribution in [0, 0.1) is 6.92 Å². The molecule has 0 spiro atoms. The fourth-order valence-corrected chi connectivity index (χ4v) is 1.70. The molecule has 1 unspecified atom stereocenters. The van der Waals surface area contributed by atoms with Crippen LogP contribution >= 0.6 is 0 Å². The van der Waals surface area contributed by atoms with Crippen LogP contribution in [0.2, 0.25) is 0 Å². The van der Waals surface area contributed by atoms with E-state index in [2.05, 4.69) is 30.1 Å². The van der Waals surface area contributed by atoms with Crippen LogP contribution in [0.4, 0.5) is 0 Å². The summed E-state index contributed by atoms with van der Waals surface area (Å²) in [4.78, 5) is 3.26. The van der Waals surface area contributed by atoms with Crippen molar-refractivity contribution in [1.29, 1.82) is 0 Å². The van der Waals surface area contributed by atoms with Crippen LogP contribution < -0.4 is 5.73 Å². The summed E-state index contributed by atoms with van der Waals surface area (Å²) in [5.74, 6) is 0. The van der Waals surface area contributed by atoms with Gasteiger partial charge >= 0.3 is 0 Å². The molecule has 0 aliphatic heterocycles. The SMILES string of the molecule is Cc1c[nH]c2c(C(C)N)cccc12. The van der Waals surface area contributed by atoms with Gasteiger partial charge in [-0.25, -0.2) is 0 Å². The minimum absolute atomic E-state index is 0.0850. The van der Waals surface area contributed by atoms with Gasteiger partial charge in [-0.3, -0.25) is 0 Å².